The highest BCUT2D eigenvalue weighted by molar-refractivity contribution is 5.35. The SMILES string of the molecule is OC(Cc1c(F)cccc1F)C1COc2ccccc2C1. The minimum atomic E-state index is -0.843. The molecule has 1 heterocycles. The Hall–Kier alpha value is -1.94. The van der Waals surface area contributed by atoms with Gasteiger partial charge >= 0.3 is 0 Å². The highest BCUT2D eigenvalue weighted by Crippen LogP contribution is 2.29. The fraction of sp³-hybridized carbons (Fsp3) is 0.294. The van der Waals surface area contributed by atoms with E-state index in [4.69, 9.17) is 4.74 Å². The van der Waals surface area contributed by atoms with Crippen LogP contribution in [0.5, 0.6) is 5.75 Å². The number of hydrogen-bond acceptors (Lipinski definition) is 2. The smallest absolute Gasteiger partial charge is 0.129 e. The molecule has 2 unspecified atom stereocenters. The number of benzene rings is 2. The van der Waals surface area contributed by atoms with Gasteiger partial charge < -0.3 is 9.84 Å². The lowest BCUT2D eigenvalue weighted by atomic mass is 9.89. The van der Waals surface area contributed by atoms with Gasteiger partial charge in [0.05, 0.1) is 12.7 Å². The van der Waals surface area contributed by atoms with E-state index in [1.807, 2.05) is 24.3 Å². The number of hydrogen-bond donors (Lipinski definition) is 1. The van der Waals surface area contributed by atoms with Crippen LogP contribution in [0.15, 0.2) is 42.5 Å². The highest BCUT2D eigenvalue weighted by atomic mass is 19.1. The van der Waals surface area contributed by atoms with Gasteiger partial charge in [-0.05, 0) is 30.2 Å². The van der Waals surface area contributed by atoms with Crippen LogP contribution < -0.4 is 4.74 Å². The molecule has 0 fully saturated rings. The molecule has 0 saturated carbocycles. The summed E-state index contributed by atoms with van der Waals surface area (Å²) in [6.45, 7) is 0.355. The third-order valence-corrected chi connectivity index (χ3v) is 3.93. The van der Waals surface area contributed by atoms with Gasteiger partial charge in [-0.15, -0.1) is 0 Å². The molecule has 0 saturated heterocycles. The molecule has 1 N–H and O–H groups in total. The molecule has 21 heavy (non-hydrogen) atoms. The van der Waals surface area contributed by atoms with Gasteiger partial charge in [-0.1, -0.05) is 24.3 Å². The van der Waals surface area contributed by atoms with Gasteiger partial charge in [0.2, 0.25) is 0 Å². The van der Waals surface area contributed by atoms with Gasteiger partial charge in [0.15, 0.2) is 0 Å². The van der Waals surface area contributed by atoms with Gasteiger partial charge in [-0.2, -0.15) is 0 Å². The first-order valence-electron chi connectivity index (χ1n) is 6.97. The molecule has 0 aromatic heterocycles. The average molecular weight is 290 g/mol. The molecule has 2 aromatic carbocycles. The second-order valence-corrected chi connectivity index (χ2v) is 5.35. The molecular weight excluding hydrogens is 274 g/mol. The first-order chi connectivity index (χ1) is 10.1. The second-order valence-electron chi connectivity index (χ2n) is 5.35. The molecule has 0 spiro atoms. The summed E-state index contributed by atoms with van der Waals surface area (Å²) in [5.74, 6) is -0.589. The van der Waals surface area contributed by atoms with Crippen LogP contribution in [0.1, 0.15) is 11.1 Å². The monoisotopic (exact) mass is 290 g/mol. The zero-order chi connectivity index (χ0) is 14.8. The van der Waals surface area contributed by atoms with Crippen molar-refractivity contribution in [2.45, 2.75) is 18.9 Å². The first kappa shape index (κ1) is 14.0. The quantitative estimate of drug-likeness (QED) is 0.941. The van der Waals surface area contributed by atoms with Gasteiger partial charge in [0, 0.05) is 17.9 Å². The summed E-state index contributed by atoms with van der Waals surface area (Å²) in [5.41, 5.74) is 0.950. The minimum Gasteiger partial charge on any atom is -0.493 e. The van der Waals surface area contributed by atoms with Crippen molar-refractivity contribution in [2.75, 3.05) is 6.61 Å². The zero-order valence-electron chi connectivity index (χ0n) is 11.4. The number of fused-ring (bicyclic) bond motifs is 1. The van der Waals surface area contributed by atoms with Crippen molar-refractivity contribution in [3.05, 3.63) is 65.2 Å². The van der Waals surface area contributed by atoms with Crippen molar-refractivity contribution in [1.82, 2.24) is 0 Å². The molecule has 0 bridgehead atoms. The van der Waals surface area contributed by atoms with Crippen molar-refractivity contribution in [1.29, 1.82) is 0 Å². The number of aliphatic hydroxyl groups excluding tert-OH is 1. The zero-order valence-corrected chi connectivity index (χ0v) is 11.4. The van der Waals surface area contributed by atoms with E-state index >= 15 is 0 Å². The molecule has 0 aliphatic carbocycles. The molecular formula is C17H16F2O2. The average Bonchev–Trinajstić information content (AvgIpc) is 2.50. The molecule has 2 aromatic rings. The first-order valence-corrected chi connectivity index (χ1v) is 6.97. The fourth-order valence-electron chi connectivity index (χ4n) is 2.70. The van der Waals surface area contributed by atoms with Crippen LogP contribution in [-0.2, 0) is 12.8 Å². The van der Waals surface area contributed by atoms with Gasteiger partial charge in [-0.25, -0.2) is 8.78 Å². The van der Waals surface area contributed by atoms with Crippen molar-refractivity contribution >= 4 is 0 Å². The Morgan fingerprint density at radius 3 is 2.57 bits per heavy atom. The van der Waals surface area contributed by atoms with Crippen LogP contribution in [0.3, 0.4) is 0 Å². The van der Waals surface area contributed by atoms with Crippen LogP contribution in [0.2, 0.25) is 0 Å². The molecule has 0 radical (unpaired) electrons. The van der Waals surface area contributed by atoms with Crippen LogP contribution in [0.25, 0.3) is 0 Å². The Bertz CT molecular complexity index is 622. The maximum atomic E-state index is 13.6. The van der Waals surface area contributed by atoms with Crippen molar-refractivity contribution in [2.24, 2.45) is 5.92 Å². The number of ether oxygens (including phenoxy) is 1. The van der Waals surface area contributed by atoms with E-state index in [1.165, 1.54) is 18.2 Å². The largest absolute Gasteiger partial charge is 0.493 e. The van der Waals surface area contributed by atoms with E-state index in [-0.39, 0.29) is 17.9 Å². The van der Waals surface area contributed by atoms with E-state index < -0.39 is 17.7 Å². The van der Waals surface area contributed by atoms with Gasteiger partial charge in [-0.3, -0.25) is 0 Å². The number of para-hydroxylation sites is 1. The van der Waals surface area contributed by atoms with Crippen LogP contribution >= 0.6 is 0 Å². The van der Waals surface area contributed by atoms with E-state index in [9.17, 15) is 13.9 Å². The van der Waals surface area contributed by atoms with Crippen LogP contribution in [0.4, 0.5) is 8.78 Å². The molecule has 1 aliphatic heterocycles. The Kier molecular flexibility index (Phi) is 3.88. The van der Waals surface area contributed by atoms with Crippen LogP contribution in [-0.4, -0.2) is 17.8 Å². The second kappa shape index (κ2) is 5.82. The predicted molar refractivity (Wildman–Crippen MR) is 75.2 cm³/mol. The van der Waals surface area contributed by atoms with Crippen molar-refractivity contribution in [3.63, 3.8) is 0 Å². The third-order valence-electron chi connectivity index (χ3n) is 3.93. The third kappa shape index (κ3) is 2.90. The summed E-state index contributed by atoms with van der Waals surface area (Å²) in [6.07, 6.45) is -0.244. The van der Waals surface area contributed by atoms with E-state index in [0.717, 1.165) is 11.3 Å². The summed E-state index contributed by atoms with van der Waals surface area (Å²) < 4.78 is 32.9. The van der Waals surface area contributed by atoms with Crippen LogP contribution in [0, 0.1) is 17.6 Å². The number of rotatable bonds is 3. The predicted octanol–water partition coefficient (Wildman–Crippen LogP) is 3.12. The molecule has 0 amide bonds. The van der Waals surface area contributed by atoms with Crippen molar-refractivity contribution in [3.8, 4) is 5.75 Å². The van der Waals surface area contributed by atoms with Crippen molar-refractivity contribution < 1.29 is 18.6 Å². The van der Waals surface area contributed by atoms with E-state index in [1.54, 1.807) is 0 Å². The molecule has 1 aliphatic rings. The lowest BCUT2D eigenvalue weighted by Gasteiger charge is -2.29. The van der Waals surface area contributed by atoms with E-state index in [0.29, 0.717) is 13.0 Å². The molecule has 2 atom stereocenters. The molecule has 3 rings (SSSR count). The maximum absolute atomic E-state index is 13.6. The maximum Gasteiger partial charge on any atom is 0.129 e. The lowest BCUT2D eigenvalue weighted by molar-refractivity contribution is 0.0640. The standard InChI is InChI=1S/C17H16F2O2/c18-14-5-3-6-15(19)13(14)9-16(20)12-8-11-4-1-2-7-17(11)21-10-12/h1-7,12,16,20H,8-10H2. The summed E-state index contributed by atoms with van der Waals surface area (Å²) in [6, 6.07) is 11.4. The number of aliphatic hydroxyl groups is 1. The highest BCUT2D eigenvalue weighted by Gasteiger charge is 2.27. The summed E-state index contributed by atoms with van der Waals surface area (Å²) >= 11 is 0. The number of halogens is 2. The Morgan fingerprint density at radius 2 is 1.81 bits per heavy atom. The van der Waals surface area contributed by atoms with Gasteiger partial charge in [0.25, 0.3) is 0 Å². The summed E-state index contributed by atoms with van der Waals surface area (Å²) in [5, 5.41) is 10.3. The summed E-state index contributed by atoms with van der Waals surface area (Å²) in [7, 11) is 0. The van der Waals surface area contributed by atoms with E-state index in [2.05, 4.69) is 0 Å². The Morgan fingerprint density at radius 1 is 1.10 bits per heavy atom. The minimum absolute atomic E-state index is 0.0469. The molecule has 110 valence electrons. The van der Waals surface area contributed by atoms with Gasteiger partial charge in [0.1, 0.15) is 17.4 Å². The lowest BCUT2D eigenvalue weighted by Crippen LogP contribution is -2.33. The topological polar surface area (TPSA) is 29.5 Å². The fourth-order valence-corrected chi connectivity index (χ4v) is 2.70. The normalized spacial score (nSPS) is 18.7. The molecule has 2 nitrogen and oxygen atoms in total. The Balaban J connectivity index is 1.74. The summed E-state index contributed by atoms with van der Waals surface area (Å²) in [4.78, 5) is 0. The Labute approximate surface area is 122 Å². The molecule has 4 heteroatoms.